The zero-order valence-electron chi connectivity index (χ0n) is 27.0. The van der Waals surface area contributed by atoms with Crippen molar-refractivity contribution in [3.8, 4) is 23.0 Å². The molecule has 0 saturated heterocycles. The van der Waals surface area contributed by atoms with Crippen molar-refractivity contribution in [2.24, 2.45) is 4.99 Å². The Hall–Kier alpha value is -4.63. The van der Waals surface area contributed by atoms with E-state index < -0.39 is 12.0 Å². The molecule has 0 spiro atoms. The lowest BCUT2D eigenvalue weighted by atomic mass is 9.95. The second kappa shape index (κ2) is 15.1. The lowest BCUT2D eigenvalue weighted by molar-refractivity contribution is -0.139. The molecule has 1 aliphatic heterocycles. The maximum absolute atomic E-state index is 14.1. The first-order chi connectivity index (χ1) is 23.0. The first-order valence-electron chi connectivity index (χ1n) is 15.1. The van der Waals surface area contributed by atoms with Crippen molar-refractivity contribution < 1.29 is 33.6 Å². The van der Waals surface area contributed by atoms with Crippen LogP contribution in [0, 0.1) is 10.5 Å². The van der Waals surface area contributed by atoms with Crippen LogP contribution in [0.3, 0.4) is 0 Å². The molecule has 11 nitrogen and oxygen atoms in total. The average molecular weight is 784 g/mol. The highest BCUT2D eigenvalue weighted by molar-refractivity contribution is 14.1. The molecular formula is C35H34IN3O8S. The quantitative estimate of drug-likeness (QED) is 0.163. The van der Waals surface area contributed by atoms with E-state index in [0.717, 1.165) is 5.56 Å². The van der Waals surface area contributed by atoms with Gasteiger partial charge in [0.15, 0.2) is 34.4 Å². The first-order valence-corrected chi connectivity index (χ1v) is 17.0. The maximum atomic E-state index is 14.1. The molecule has 4 aromatic rings. The van der Waals surface area contributed by atoms with Gasteiger partial charge in [0.2, 0.25) is 0 Å². The van der Waals surface area contributed by atoms with Gasteiger partial charge in [-0.1, -0.05) is 35.1 Å². The molecule has 1 atom stereocenters. The fraction of sp³-hybridized carbons (Fsp3) is 0.257. The first kappa shape index (κ1) is 34.7. The third-order valence-corrected chi connectivity index (χ3v) is 9.13. The normalized spacial score (nSPS) is 14.2. The van der Waals surface area contributed by atoms with Crippen molar-refractivity contribution in [2.75, 3.05) is 32.2 Å². The summed E-state index contributed by atoms with van der Waals surface area (Å²) in [4.78, 5) is 44.9. The summed E-state index contributed by atoms with van der Waals surface area (Å²) >= 11 is 3.29. The number of carbonyl (C=O) groups is 2. The van der Waals surface area contributed by atoms with Crippen molar-refractivity contribution in [3.63, 3.8) is 0 Å². The fourth-order valence-corrected chi connectivity index (χ4v) is 7.00. The van der Waals surface area contributed by atoms with E-state index >= 15 is 0 Å². The SMILES string of the molecule is CCOC(=O)C1=C(C)N=c2s/c(=C/c3cc(I)c(OCC(=O)Nc4ccc(C)cc4)c(OCC)c3)c(=O)n2C1c1ccc(O)c(OC)c1. The number of aryl methyl sites for hydroxylation is 1. The predicted octanol–water partition coefficient (Wildman–Crippen LogP) is 4.84. The van der Waals surface area contributed by atoms with E-state index in [9.17, 15) is 19.5 Å². The van der Waals surface area contributed by atoms with Gasteiger partial charge in [-0.25, -0.2) is 9.79 Å². The summed E-state index contributed by atoms with van der Waals surface area (Å²) in [5.74, 6) is 0.0309. The number of aromatic hydroxyl groups is 1. The number of ether oxygens (including phenoxy) is 4. The van der Waals surface area contributed by atoms with Crippen LogP contribution in [0.4, 0.5) is 5.69 Å². The van der Waals surface area contributed by atoms with E-state index in [4.69, 9.17) is 18.9 Å². The van der Waals surface area contributed by atoms with Crippen molar-refractivity contribution in [2.45, 2.75) is 33.7 Å². The Kier molecular flexibility index (Phi) is 10.9. The van der Waals surface area contributed by atoms with Crippen LogP contribution in [0.5, 0.6) is 23.0 Å². The van der Waals surface area contributed by atoms with E-state index in [1.807, 2.05) is 44.2 Å². The van der Waals surface area contributed by atoms with Crippen LogP contribution in [-0.2, 0) is 14.3 Å². The van der Waals surface area contributed by atoms with Gasteiger partial charge in [0.05, 0.1) is 45.7 Å². The van der Waals surface area contributed by atoms with Crippen LogP contribution in [0.15, 0.2) is 75.7 Å². The van der Waals surface area contributed by atoms with Gasteiger partial charge in [0.25, 0.3) is 11.5 Å². The number of aromatic nitrogens is 1. The summed E-state index contributed by atoms with van der Waals surface area (Å²) < 4.78 is 25.0. The Balaban J connectivity index is 1.52. The molecule has 2 N–H and O–H groups in total. The lowest BCUT2D eigenvalue weighted by Crippen LogP contribution is -2.39. The highest BCUT2D eigenvalue weighted by Crippen LogP contribution is 2.36. The number of nitrogens with zero attached hydrogens (tertiary/aromatic N) is 2. The Bertz CT molecular complexity index is 2090. The number of rotatable bonds is 11. The summed E-state index contributed by atoms with van der Waals surface area (Å²) in [6.45, 7) is 7.47. The molecular weight excluding hydrogens is 749 g/mol. The lowest BCUT2D eigenvalue weighted by Gasteiger charge is -2.25. The minimum Gasteiger partial charge on any atom is -0.504 e. The molecule has 1 aromatic heterocycles. The second-order valence-electron chi connectivity index (χ2n) is 10.7. The summed E-state index contributed by atoms with van der Waals surface area (Å²) in [7, 11) is 1.42. The molecule has 0 aliphatic carbocycles. The highest BCUT2D eigenvalue weighted by atomic mass is 127. The van der Waals surface area contributed by atoms with Gasteiger partial charge in [-0.05, 0) is 104 Å². The van der Waals surface area contributed by atoms with Gasteiger partial charge in [-0.15, -0.1) is 0 Å². The average Bonchev–Trinajstić information content (AvgIpc) is 3.35. The molecule has 1 aliphatic rings. The summed E-state index contributed by atoms with van der Waals surface area (Å²) in [6, 6.07) is 14.8. The largest absolute Gasteiger partial charge is 0.504 e. The Morgan fingerprint density at radius 1 is 1.04 bits per heavy atom. The van der Waals surface area contributed by atoms with Gasteiger partial charge >= 0.3 is 5.97 Å². The number of amides is 1. The zero-order valence-corrected chi connectivity index (χ0v) is 29.9. The molecule has 0 fully saturated rings. The zero-order chi connectivity index (χ0) is 34.5. The van der Waals surface area contributed by atoms with E-state index in [1.54, 1.807) is 38.1 Å². The number of fused-ring (bicyclic) bond motifs is 1. The maximum Gasteiger partial charge on any atom is 0.338 e. The third-order valence-electron chi connectivity index (χ3n) is 7.35. The van der Waals surface area contributed by atoms with E-state index in [0.29, 0.717) is 53.5 Å². The van der Waals surface area contributed by atoms with E-state index in [1.165, 1.54) is 29.1 Å². The number of esters is 1. The van der Waals surface area contributed by atoms with Crippen LogP contribution in [0.2, 0.25) is 0 Å². The van der Waals surface area contributed by atoms with Crippen LogP contribution < -0.4 is 34.4 Å². The van der Waals surface area contributed by atoms with Crippen LogP contribution in [0.25, 0.3) is 6.08 Å². The minimum atomic E-state index is -0.877. The number of halogens is 1. The molecule has 0 bridgehead atoms. The number of phenolic OH excluding ortho intramolecular Hbond substituents is 1. The monoisotopic (exact) mass is 783 g/mol. The molecule has 2 heterocycles. The molecule has 1 unspecified atom stereocenters. The van der Waals surface area contributed by atoms with Crippen molar-refractivity contribution >= 4 is 57.6 Å². The van der Waals surface area contributed by atoms with Gasteiger partial charge in [-0.2, -0.15) is 0 Å². The molecule has 48 heavy (non-hydrogen) atoms. The van der Waals surface area contributed by atoms with Crippen molar-refractivity contribution in [3.05, 3.63) is 106 Å². The topological polar surface area (TPSA) is 138 Å². The third kappa shape index (κ3) is 7.41. The molecule has 5 rings (SSSR count). The smallest absolute Gasteiger partial charge is 0.338 e. The molecule has 0 saturated carbocycles. The number of methoxy groups -OCH3 is 1. The number of phenols is 1. The number of thiazole rings is 1. The molecule has 1 amide bonds. The van der Waals surface area contributed by atoms with Crippen LogP contribution >= 0.6 is 33.9 Å². The van der Waals surface area contributed by atoms with Gasteiger partial charge in [-0.3, -0.25) is 14.2 Å². The summed E-state index contributed by atoms with van der Waals surface area (Å²) in [5.41, 5.74) is 3.21. The van der Waals surface area contributed by atoms with Gasteiger partial charge in [0, 0.05) is 5.69 Å². The second-order valence-corrected chi connectivity index (χ2v) is 12.9. The van der Waals surface area contributed by atoms with E-state index in [2.05, 4.69) is 32.9 Å². The van der Waals surface area contributed by atoms with Crippen LogP contribution in [-0.4, -0.2) is 48.5 Å². The Morgan fingerprint density at radius 3 is 2.48 bits per heavy atom. The van der Waals surface area contributed by atoms with Gasteiger partial charge in [0.1, 0.15) is 0 Å². The highest BCUT2D eigenvalue weighted by Gasteiger charge is 2.34. The summed E-state index contributed by atoms with van der Waals surface area (Å²) in [6.07, 6.45) is 1.72. The fourth-order valence-electron chi connectivity index (χ4n) is 5.17. The number of allylic oxidation sites excluding steroid dienone is 1. The standard InChI is InChI=1S/C35H34IN3O8S/c1-6-45-27-15-21(14-24(36)32(27)47-18-29(41)38-23-11-8-19(3)9-12-23)16-28-33(42)39-31(22-10-13-25(40)26(17-22)44-5)30(34(43)46-7-2)20(4)37-35(39)48-28/h8-17,31,40H,6-7,18H2,1-5H3,(H,38,41)/b28-16+. The van der Waals surface area contributed by atoms with Gasteiger partial charge < -0.3 is 29.4 Å². The Labute approximate surface area is 294 Å². The number of hydrogen-bond donors (Lipinski definition) is 2. The molecule has 0 radical (unpaired) electrons. The van der Waals surface area contributed by atoms with Crippen molar-refractivity contribution in [1.29, 1.82) is 0 Å². The molecule has 250 valence electrons. The number of carbonyl (C=O) groups excluding carboxylic acids is 2. The number of anilines is 1. The minimum absolute atomic E-state index is 0.0777. The van der Waals surface area contributed by atoms with E-state index in [-0.39, 0.29) is 41.8 Å². The number of nitrogens with one attached hydrogen (secondary N) is 1. The molecule has 13 heteroatoms. The number of benzene rings is 3. The summed E-state index contributed by atoms with van der Waals surface area (Å²) in [5, 5.41) is 13.1. The van der Waals surface area contributed by atoms with Crippen LogP contribution in [0.1, 0.15) is 43.5 Å². The molecule has 3 aromatic carbocycles. The van der Waals surface area contributed by atoms with Crippen molar-refractivity contribution in [1.82, 2.24) is 4.57 Å². The number of hydrogen-bond acceptors (Lipinski definition) is 10. The predicted molar refractivity (Wildman–Crippen MR) is 191 cm³/mol. The Morgan fingerprint density at radius 2 is 1.79 bits per heavy atom.